The molecule has 0 saturated carbocycles. The molecule has 15 valence electrons. The second-order valence-corrected chi connectivity index (χ2v) is 0. The van der Waals surface area contributed by atoms with E-state index in [1.54, 1.807) is 0 Å². The van der Waals surface area contributed by atoms with Crippen molar-refractivity contribution in [1.29, 1.82) is 0 Å². The van der Waals surface area contributed by atoms with Crippen molar-refractivity contribution < 1.29 is 90.7 Å². The van der Waals surface area contributed by atoms with Crippen molar-refractivity contribution in [2.75, 3.05) is 0 Å². The van der Waals surface area contributed by atoms with Crippen LogP contribution in [0.3, 0.4) is 0 Å². The van der Waals surface area contributed by atoms with Crippen LogP contribution in [0.4, 0.5) is 0 Å². The van der Waals surface area contributed by atoms with E-state index in [1.807, 2.05) is 0 Å². The van der Waals surface area contributed by atoms with Crippen LogP contribution >= 0.6 is 0 Å². The second kappa shape index (κ2) is 15.6. The van der Waals surface area contributed by atoms with Crippen LogP contribution in [0.2, 0.25) is 0 Å². The Morgan fingerprint density at radius 2 is 1.00 bits per heavy atom. The van der Waals surface area contributed by atoms with Gasteiger partial charge in [0.1, 0.15) is 0 Å². The molecule has 0 N–H and O–H groups in total. The van der Waals surface area contributed by atoms with Crippen molar-refractivity contribution in [1.82, 2.24) is 0 Å². The monoisotopic (exact) mass is 411 g/mol. The molecule has 0 spiro atoms. The minimum Gasteiger partial charge on any atom is 0 e. The summed E-state index contributed by atoms with van der Waals surface area (Å²) in [6.45, 7) is 0. The van der Waals surface area contributed by atoms with Gasteiger partial charge in [0.15, 0.2) is 0 Å². The Morgan fingerprint density at radius 1 is 1.00 bits per heavy atom. The van der Waals surface area contributed by atoms with E-state index in [0.29, 0.717) is 0 Å². The number of hydrogen-bond donors (Lipinski definition) is 0. The van der Waals surface area contributed by atoms with E-state index >= 15 is 0 Å². The molecule has 0 atom stereocenters. The summed E-state index contributed by atoms with van der Waals surface area (Å²) in [5.41, 5.74) is 0. The van der Waals surface area contributed by atoms with Gasteiger partial charge in [-0.1, -0.05) is 0 Å². The van der Waals surface area contributed by atoms with Crippen LogP contribution in [0, 0.1) is 35.6 Å². The SMILES string of the molecule is [La].[Nb].[SrH2].[Y]. The van der Waals surface area contributed by atoms with Gasteiger partial charge in [0.25, 0.3) is 0 Å². The second-order valence-electron chi connectivity index (χ2n) is 0. The van der Waals surface area contributed by atoms with E-state index in [1.165, 1.54) is 0 Å². The van der Waals surface area contributed by atoms with Crippen molar-refractivity contribution in [2.24, 2.45) is 0 Å². The molecule has 0 heterocycles. The van der Waals surface area contributed by atoms with Gasteiger partial charge in [0.2, 0.25) is 0 Å². The maximum atomic E-state index is 0. The maximum absolute atomic E-state index is 0. The van der Waals surface area contributed by atoms with Gasteiger partial charge in [-0.05, 0) is 0 Å². The minimum absolute atomic E-state index is 0. The summed E-state index contributed by atoms with van der Waals surface area (Å²) < 4.78 is 0. The van der Waals surface area contributed by atoms with Gasteiger partial charge >= 0.3 is 45.5 Å². The molecule has 0 saturated heterocycles. The third kappa shape index (κ3) is 9.72. The quantitative estimate of drug-likeness (QED) is 0.454. The molecule has 4 heteroatoms. The predicted molar refractivity (Wildman–Crippen MR) is 8.54 cm³/mol. The molecule has 0 aliphatic heterocycles. The zero-order chi connectivity index (χ0) is 0. The molecule has 0 amide bonds. The Labute approximate surface area is 132 Å². The zero-order valence-electron chi connectivity index (χ0n) is 1.60. The van der Waals surface area contributed by atoms with Crippen LogP contribution in [0.15, 0.2) is 0 Å². The Bertz CT molecular complexity index is 8.00. The van der Waals surface area contributed by atoms with Crippen molar-refractivity contribution in [2.45, 2.75) is 0 Å². The summed E-state index contributed by atoms with van der Waals surface area (Å²) >= 11 is 0. The normalized spacial score (nSPS) is 0. The third-order valence-electron chi connectivity index (χ3n) is 0. The molecule has 4 heavy (non-hydrogen) atoms. The van der Waals surface area contributed by atoms with Crippen molar-refractivity contribution in [3.8, 4) is 0 Å². The molecule has 0 aromatic heterocycles. The average Bonchev–Trinajstić information content (AvgIpc) is 0. The van der Waals surface area contributed by atoms with E-state index < -0.39 is 0 Å². The summed E-state index contributed by atoms with van der Waals surface area (Å²) in [5.74, 6) is 0. The standard InChI is InChI=1S/La.Nb.Sr.Y.2H. The van der Waals surface area contributed by atoms with Crippen LogP contribution < -0.4 is 0 Å². The van der Waals surface area contributed by atoms with Gasteiger partial charge in [-0.15, -0.1) is 0 Å². The molecule has 0 aliphatic carbocycles. The number of hydrogen-bond acceptors (Lipinski definition) is 0. The average molecular weight is 410 g/mol. The van der Waals surface area contributed by atoms with Crippen molar-refractivity contribution in [3.05, 3.63) is 0 Å². The van der Waals surface area contributed by atoms with E-state index in [2.05, 4.69) is 0 Å². The number of rotatable bonds is 0. The van der Waals surface area contributed by atoms with Crippen molar-refractivity contribution >= 4 is 45.5 Å². The Balaban J connectivity index is 0. The molecule has 0 bridgehead atoms. The van der Waals surface area contributed by atoms with Crippen LogP contribution in [0.5, 0.6) is 0 Å². The van der Waals surface area contributed by atoms with Gasteiger partial charge in [-0.2, -0.15) is 0 Å². The Morgan fingerprint density at radius 3 is 1.00 bits per heavy atom. The zero-order valence-corrected chi connectivity index (χ0v) is 10.3. The Kier molecular flexibility index (Phi) is 92.3. The van der Waals surface area contributed by atoms with Gasteiger partial charge in [-0.25, -0.2) is 0 Å². The minimum atomic E-state index is 0. The van der Waals surface area contributed by atoms with Gasteiger partial charge in [0, 0.05) is 90.7 Å². The summed E-state index contributed by atoms with van der Waals surface area (Å²) in [5, 5.41) is 0. The van der Waals surface area contributed by atoms with E-state index in [4.69, 9.17) is 0 Å². The first kappa shape index (κ1) is 23.6. The first-order valence-electron chi connectivity index (χ1n) is 0. The predicted octanol–water partition coefficient (Wildman–Crippen LogP) is -0.921. The first-order chi connectivity index (χ1) is 0. The van der Waals surface area contributed by atoms with Gasteiger partial charge in [-0.3, -0.25) is 0 Å². The van der Waals surface area contributed by atoms with Crippen LogP contribution in [0.25, 0.3) is 0 Å². The molecule has 0 nitrogen and oxygen atoms in total. The third-order valence-corrected chi connectivity index (χ3v) is 0. The molecular weight excluding hydrogens is 408 g/mol. The summed E-state index contributed by atoms with van der Waals surface area (Å²) in [4.78, 5) is 0. The molecule has 3 radical (unpaired) electrons. The maximum Gasteiger partial charge on any atom is 0 e. The molecular formula is H2LaNbSrY. The van der Waals surface area contributed by atoms with E-state index in [9.17, 15) is 0 Å². The molecule has 0 aliphatic rings. The summed E-state index contributed by atoms with van der Waals surface area (Å²) in [6.07, 6.45) is 0. The molecule has 0 unspecified atom stereocenters. The fourth-order valence-electron chi connectivity index (χ4n) is 0. The van der Waals surface area contributed by atoms with Crippen LogP contribution in [0.1, 0.15) is 0 Å². The van der Waals surface area contributed by atoms with Crippen molar-refractivity contribution in [3.63, 3.8) is 0 Å². The van der Waals surface area contributed by atoms with Gasteiger partial charge < -0.3 is 0 Å². The molecule has 0 fully saturated rings. The van der Waals surface area contributed by atoms with Crippen LogP contribution in [-0.2, 0) is 55.1 Å². The van der Waals surface area contributed by atoms with E-state index in [0.717, 1.165) is 0 Å². The Hall–Kier alpha value is 4.52. The fourth-order valence-corrected chi connectivity index (χ4v) is 0. The summed E-state index contributed by atoms with van der Waals surface area (Å²) in [7, 11) is 0. The smallest absolute Gasteiger partial charge is 0 e. The molecule has 0 aromatic carbocycles. The summed E-state index contributed by atoms with van der Waals surface area (Å²) in [6, 6.07) is 0. The first-order valence-corrected chi connectivity index (χ1v) is 0. The van der Waals surface area contributed by atoms with E-state index in [-0.39, 0.29) is 136 Å². The molecule has 0 rings (SSSR count). The van der Waals surface area contributed by atoms with Crippen LogP contribution in [-0.4, -0.2) is 45.5 Å². The largest absolute Gasteiger partial charge is 0 e. The fraction of sp³-hybridized carbons (Fsp3) is 0. The van der Waals surface area contributed by atoms with Gasteiger partial charge in [0.05, 0.1) is 0 Å². The topological polar surface area (TPSA) is 0 Å². The molecule has 0 aromatic rings.